The summed E-state index contributed by atoms with van der Waals surface area (Å²) >= 11 is 0. The summed E-state index contributed by atoms with van der Waals surface area (Å²) in [6.07, 6.45) is 0.985. The molecule has 0 aliphatic rings. The van der Waals surface area contributed by atoms with Crippen LogP contribution in [-0.4, -0.2) is 35.0 Å². The van der Waals surface area contributed by atoms with Crippen molar-refractivity contribution in [2.45, 2.75) is 33.1 Å². The molecule has 0 aromatic heterocycles. The number of aliphatic carboxylic acids is 1. The lowest BCUT2D eigenvalue weighted by Crippen LogP contribution is -2.36. The number of carbonyl (C=O) groups is 2. The van der Waals surface area contributed by atoms with Crippen molar-refractivity contribution >= 4 is 11.9 Å². The van der Waals surface area contributed by atoms with Gasteiger partial charge in [-0.05, 0) is 31.4 Å². The predicted octanol–water partition coefficient (Wildman–Crippen LogP) is 2.72. The number of hydrogen-bond donors (Lipinski definition) is 1. The molecule has 1 unspecified atom stereocenters. The van der Waals surface area contributed by atoms with E-state index in [0.717, 1.165) is 0 Å². The second-order valence-corrected chi connectivity index (χ2v) is 5.09. The maximum Gasteiger partial charge on any atom is 0.305 e. The number of carbonyl (C=O) groups excluding carboxylic acids is 1. The number of carboxylic acid groups (broad SMARTS) is 1. The fourth-order valence-electron chi connectivity index (χ4n) is 2.16. The molecule has 0 saturated carbocycles. The number of rotatable bonds is 8. The second kappa shape index (κ2) is 8.39. The van der Waals surface area contributed by atoms with Crippen molar-refractivity contribution in [1.82, 2.24) is 4.90 Å². The van der Waals surface area contributed by atoms with Gasteiger partial charge in [0.25, 0.3) is 0 Å². The highest BCUT2D eigenvalue weighted by atomic mass is 19.1. The van der Waals surface area contributed by atoms with Crippen LogP contribution in [0, 0.1) is 11.7 Å². The van der Waals surface area contributed by atoms with Gasteiger partial charge in [-0.25, -0.2) is 4.39 Å². The molecule has 1 rings (SSSR count). The average Bonchev–Trinajstić information content (AvgIpc) is 2.46. The molecule has 1 aromatic carbocycles. The number of aryl methyl sites for hydroxylation is 1. The minimum Gasteiger partial charge on any atom is -0.481 e. The molecule has 0 aliphatic carbocycles. The summed E-state index contributed by atoms with van der Waals surface area (Å²) in [5, 5.41) is 8.68. The van der Waals surface area contributed by atoms with E-state index in [1.165, 1.54) is 6.07 Å². The van der Waals surface area contributed by atoms with E-state index < -0.39 is 5.97 Å². The molecule has 1 aromatic rings. The Hall–Kier alpha value is -1.91. The molecule has 0 aliphatic heterocycles. The van der Waals surface area contributed by atoms with Crippen LogP contribution in [0.3, 0.4) is 0 Å². The highest BCUT2D eigenvalue weighted by Crippen LogP contribution is 2.15. The largest absolute Gasteiger partial charge is 0.481 e. The van der Waals surface area contributed by atoms with E-state index >= 15 is 0 Å². The zero-order chi connectivity index (χ0) is 15.8. The van der Waals surface area contributed by atoms with Crippen LogP contribution in [0.25, 0.3) is 0 Å². The van der Waals surface area contributed by atoms with Crippen LogP contribution in [0.2, 0.25) is 0 Å². The van der Waals surface area contributed by atoms with Crippen LogP contribution in [-0.2, 0) is 16.0 Å². The van der Waals surface area contributed by atoms with Gasteiger partial charge in [0.1, 0.15) is 5.82 Å². The van der Waals surface area contributed by atoms with E-state index in [4.69, 9.17) is 5.11 Å². The number of hydrogen-bond acceptors (Lipinski definition) is 2. The molecule has 0 fully saturated rings. The number of benzene rings is 1. The number of amides is 1. The first-order chi connectivity index (χ1) is 9.95. The molecule has 0 bridgehead atoms. The summed E-state index contributed by atoms with van der Waals surface area (Å²) in [7, 11) is 0. The Kier molecular flexibility index (Phi) is 6.85. The molecule has 116 valence electrons. The Morgan fingerprint density at radius 3 is 2.57 bits per heavy atom. The molecule has 1 atom stereocenters. The van der Waals surface area contributed by atoms with Gasteiger partial charge in [-0.2, -0.15) is 0 Å². The highest BCUT2D eigenvalue weighted by Gasteiger charge is 2.20. The minimum absolute atomic E-state index is 0.0559. The molecular weight excluding hydrogens is 273 g/mol. The van der Waals surface area contributed by atoms with Gasteiger partial charge >= 0.3 is 5.97 Å². The third-order valence-corrected chi connectivity index (χ3v) is 3.52. The standard InChI is InChI=1S/C16H22FNO3/c1-3-18(11-10-15(19)20)16(21)12(2)8-9-13-6-4-5-7-14(13)17/h4-7,12H,3,8-11H2,1-2H3,(H,19,20). The van der Waals surface area contributed by atoms with Crippen molar-refractivity contribution in [2.75, 3.05) is 13.1 Å². The van der Waals surface area contributed by atoms with Crippen LogP contribution in [0.5, 0.6) is 0 Å². The van der Waals surface area contributed by atoms with Crippen LogP contribution in [0.1, 0.15) is 32.3 Å². The fraction of sp³-hybridized carbons (Fsp3) is 0.500. The average molecular weight is 295 g/mol. The number of halogens is 1. The van der Waals surface area contributed by atoms with Crippen LogP contribution in [0.15, 0.2) is 24.3 Å². The first-order valence-electron chi connectivity index (χ1n) is 7.19. The Bertz CT molecular complexity index is 490. The quantitative estimate of drug-likeness (QED) is 0.802. The molecule has 4 nitrogen and oxygen atoms in total. The summed E-state index contributed by atoms with van der Waals surface area (Å²) in [4.78, 5) is 24.4. The summed E-state index contributed by atoms with van der Waals surface area (Å²) in [5.74, 6) is -1.50. The fourth-order valence-corrected chi connectivity index (χ4v) is 2.16. The monoisotopic (exact) mass is 295 g/mol. The molecule has 0 radical (unpaired) electrons. The SMILES string of the molecule is CCN(CCC(=O)O)C(=O)C(C)CCc1ccccc1F. The topological polar surface area (TPSA) is 57.6 Å². The first kappa shape index (κ1) is 17.1. The van der Waals surface area contributed by atoms with Gasteiger partial charge in [-0.15, -0.1) is 0 Å². The molecule has 21 heavy (non-hydrogen) atoms. The summed E-state index contributed by atoms with van der Waals surface area (Å²) in [5.41, 5.74) is 0.603. The van der Waals surface area contributed by atoms with E-state index in [1.54, 1.807) is 30.0 Å². The van der Waals surface area contributed by atoms with Crippen molar-refractivity contribution in [3.63, 3.8) is 0 Å². The van der Waals surface area contributed by atoms with Gasteiger partial charge in [0.15, 0.2) is 0 Å². The second-order valence-electron chi connectivity index (χ2n) is 5.09. The van der Waals surface area contributed by atoms with Crippen molar-refractivity contribution in [1.29, 1.82) is 0 Å². The molecular formula is C16H22FNO3. The van der Waals surface area contributed by atoms with Crippen molar-refractivity contribution in [3.05, 3.63) is 35.6 Å². The Morgan fingerprint density at radius 1 is 1.33 bits per heavy atom. The maximum atomic E-state index is 13.5. The van der Waals surface area contributed by atoms with Gasteiger partial charge in [-0.1, -0.05) is 25.1 Å². The molecule has 1 N–H and O–H groups in total. The lowest BCUT2D eigenvalue weighted by atomic mass is 9.99. The normalized spacial score (nSPS) is 12.0. The van der Waals surface area contributed by atoms with Gasteiger partial charge in [0.05, 0.1) is 6.42 Å². The third kappa shape index (κ3) is 5.53. The molecule has 1 amide bonds. The predicted molar refractivity (Wildman–Crippen MR) is 78.4 cm³/mol. The van der Waals surface area contributed by atoms with Crippen molar-refractivity contribution in [2.24, 2.45) is 5.92 Å². The third-order valence-electron chi connectivity index (χ3n) is 3.52. The summed E-state index contributed by atoms with van der Waals surface area (Å²) in [6, 6.07) is 6.54. The lowest BCUT2D eigenvalue weighted by molar-refractivity contribution is -0.139. The Morgan fingerprint density at radius 2 is 2.00 bits per heavy atom. The molecule has 0 heterocycles. The zero-order valence-electron chi connectivity index (χ0n) is 12.5. The smallest absolute Gasteiger partial charge is 0.305 e. The minimum atomic E-state index is -0.916. The van der Waals surface area contributed by atoms with E-state index in [0.29, 0.717) is 24.9 Å². The van der Waals surface area contributed by atoms with E-state index in [2.05, 4.69) is 0 Å². The van der Waals surface area contributed by atoms with Gasteiger partial charge in [0.2, 0.25) is 5.91 Å². The molecule has 5 heteroatoms. The molecule has 0 spiro atoms. The summed E-state index contributed by atoms with van der Waals surface area (Å²) in [6.45, 7) is 4.32. The zero-order valence-corrected chi connectivity index (χ0v) is 12.5. The Balaban J connectivity index is 2.53. The van der Waals surface area contributed by atoms with E-state index in [1.807, 2.05) is 6.92 Å². The van der Waals surface area contributed by atoms with Crippen LogP contribution in [0.4, 0.5) is 4.39 Å². The lowest BCUT2D eigenvalue weighted by Gasteiger charge is -2.24. The number of carboxylic acids is 1. The van der Waals surface area contributed by atoms with Crippen molar-refractivity contribution in [3.8, 4) is 0 Å². The van der Waals surface area contributed by atoms with Gasteiger partial charge in [-0.3, -0.25) is 9.59 Å². The summed E-state index contributed by atoms with van der Waals surface area (Å²) < 4.78 is 13.5. The maximum absolute atomic E-state index is 13.5. The molecule has 0 saturated heterocycles. The van der Waals surface area contributed by atoms with Crippen molar-refractivity contribution < 1.29 is 19.1 Å². The van der Waals surface area contributed by atoms with Gasteiger partial charge in [0, 0.05) is 19.0 Å². The van der Waals surface area contributed by atoms with E-state index in [9.17, 15) is 14.0 Å². The van der Waals surface area contributed by atoms with Crippen LogP contribution >= 0.6 is 0 Å². The highest BCUT2D eigenvalue weighted by molar-refractivity contribution is 5.79. The number of nitrogens with zero attached hydrogens (tertiary/aromatic N) is 1. The Labute approximate surface area is 124 Å². The van der Waals surface area contributed by atoms with E-state index in [-0.39, 0.29) is 30.6 Å². The van der Waals surface area contributed by atoms with Crippen LogP contribution < -0.4 is 0 Å². The van der Waals surface area contributed by atoms with Gasteiger partial charge < -0.3 is 10.0 Å². The first-order valence-corrected chi connectivity index (χ1v) is 7.19.